The molecule has 0 aliphatic carbocycles. The summed E-state index contributed by atoms with van der Waals surface area (Å²) >= 11 is 1.54. The van der Waals surface area contributed by atoms with Gasteiger partial charge in [0.15, 0.2) is 0 Å². The lowest BCUT2D eigenvalue weighted by Gasteiger charge is -2.12. The van der Waals surface area contributed by atoms with Crippen LogP contribution in [0.3, 0.4) is 0 Å². The Morgan fingerprint density at radius 2 is 1.40 bits per heavy atom. The van der Waals surface area contributed by atoms with E-state index in [-0.39, 0.29) is 11.2 Å². The first-order valence-electron chi connectivity index (χ1n) is 8.06. The normalized spacial score (nSPS) is 11.6. The molecule has 0 fully saturated rings. The van der Waals surface area contributed by atoms with Gasteiger partial charge in [0.25, 0.3) is 0 Å². The molecule has 0 saturated heterocycles. The molecular weight excluding hydrogens is 330 g/mol. The minimum atomic E-state index is -0.178. The SMILES string of the molecule is CC(Sc1ccccc1)C(=O)Nc1ccc(Oc2ccccc2)cc1. The first-order chi connectivity index (χ1) is 12.2. The van der Waals surface area contributed by atoms with E-state index >= 15 is 0 Å². The standard InChI is InChI=1S/C21H19NO2S/c1-16(25-20-10-6-3-7-11-20)21(23)22-17-12-14-19(15-13-17)24-18-8-4-2-5-9-18/h2-16H,1H3,(H,22,23). The number of thioether (sulfide) groups is 1. The average Bonchev–Trinajstić information content (AvgIpc) is 2.65. The first kappa shape index (κ1) is 17.1. The number of para-hydroxylation sites is 1. The van der Waals surface area contributed by atoms with Crippen LogP contribution in [-0.2, 0) is 4.79 Å². The van der Waals surface area contributed by atoms with Crippen LogP contribution < -0.4 is 10.1 Å². The predicted octanol–water partition coefficient (Wildman–Crippen LogP) is 5.60. The van der Waals surface area contributed by atoms with Crippen molar-refractivity contribution < 1.29 is 9.53 Å². The van der Waals surface area contributed by atoms with Crippen LogP contribution in [0.5, 0.6) is 11.5 Å². The summed E-state index contributed by atoms with van der Waals surface area (Å²) in [5, 5.41) is 2.76. The number of nitrogens with one attached hydrogen (secondary N) is 1. The third-order valence-corrected chi connectivity index (χ3v) is 4.64. The Balaban J connectivity index is 1.56. The van der Waals surface area contributed by atoms with Gasteiger partial charge in [-0.2, -0.15) is 0 Å². The maximum Gasteiger partial charge on any atom is 0.237 e. The molecule has 25 heavy (non-hydrogen) atoms. The van der Waals surface area contributed by atoms with E-state index < -0.39 is 0 Å². The highest BCUT2D eigenvalue weighted by Crippen LogP contribution is 2.25. The van der Waals surface area contributed by atoms with E-state index in [1.165, 1.54) is 11.8 Å². The minimum Gasteiger partial charge on any atom is -0.457 e. The molecule has 3 rings (SSSR count). The van der Waals surface area contributed by atoms with Crippen LogP contribution in [0.2, 0.25) is 0 Å². The lowest BCUT2D eigenvalue weighted by atomic mass is 10.3. The van der Waals surface area contributed by atoms with Gasteiger partial charge in [-0.3, -0.25) is 4.79 Å². The van der Waals surface area contributed by atoms with E-state index in [9.17, 15) is 4.79 Å². The summed E-state index contributed by atoms with van der Waals surface area (Å²) in [6, 6.07) is 26.9. The molecule has 4 heteroatoms. The van der Waals surface area contributed by atoms with E-state index in [1.54, 1.807) is 0 Å². The average molecular weight is 349 g/mol. The first-order valence-corrected chi connectivity index (χ1v) is 8.94. The van der Waals surface area contributed by atoms with E-state index in [2.05, 4.69) is 5.32 Å². The Kier molecular flexibility index (Phi) is 5.75. The number of carbonyl (C=O) groups is 1. The van der Waals surface area contributed by atoms with Crippen LogP contribution in [0, 0.1) is 0 Å². The van der Waals surface area contributed by atoms with Gasteiger partial charge in [0.05, 0.1) is 5.25 Å². The van der Waals surface area contributed by atoms with E-state index in [0.717, 1.165) is 22.1 Å². The summed E-state index contributed by atoms with van der Waals surface area (Å²) in [7, 11) is 0. The lowest BCUT2D eigenvalue weighted by molar-refractivity contribution is -0.115. The molecule has 0 radical (unpaired) electrons. The zero-order chi connectivity index (χ0) is 17.5. The number of anilines is 1. The van der Waals surface area contributed by atoms with Gasteiger partial charge in [0, 0.05) is 10.6 Å². The van der Waals surface area contributed by atoms with Crippen LogP contribution in [-0.4, -0.2) is 11.2 Å². The number of rotatable bonds is 6. The van der Waals surface area contributed by atoms with E-state index in [1.807, 2.05) is 91.9 Å². The Morgan fingerprint density at radius 3 is 2.04 bits per heavy atom. The smallest absolute Gasteiger partial charge is 0.237 e. The second-order valence-corrected chi connectivity index (χ2v) is 6.92. The summed E-state index contributed by atoms with van der Waals surface area (Å²) in [6.45, 7) is 1.90. The number of hydrogen-bond donors (Lipinski definition) is 1. The van der Waals surface area contributed by atoms with Crippen molar-refractivity contribution in [1.29, 1.82) is 0 Å². The molecule has 0 aliphatic rings. The van der Waals surface area contributed by atoms with Crippen LogP contribution >= 0.6 is 11.8 Å². The van der Waals surface area contributed by atoms with Gasteiger partial charge in [0.1, 0.15) is 11.5 Å². The third kappa shape index (κ3) is 5.13. The highest BCUT2D eigenvalue weighted by molar-refractivity contribution is 8.00. The zero-order valence-corrected chi connectivity index (χ0v) is 14.7. The van der Waals surface area contributed by atoms with Crippen LogP contribution in [0.15, 0.2) is 89.8 Å². The van der Waals surface area contributed by atoms with Crippen molar-refractivity contribution in [3.8, 4) is 11.5 Å². The van der Waals surface area contributed by atoms with Crippen LogP contribution in [0.4, 0.5) is 5.69 Å². The minimum absolute atomic E-state index is 0.0226. The summed E-state index contributed by atoms with van der Waals surface area (Å²) in [5.74, 6) is 1.49. The van der Waals surface area contributed by atoms with Gasteiger partial charge in [-0.1, -0.05) is 36.4 Å². The molecule has 1 atom stereocenters. The summed E-state index contributed by atoms with van der Waals surface area (Å²) in [4.78, 5) is 13.4. The molecule has 0 spiro atoms. The second kappa shape index (κ2) is 8.40. The third-order valence-electron chi connectivity index (χ3n) is 3.53. The fourth-order valence-corrected chi connectivity index (χ4v) is 3.12. The number of hydrogen-bond acceptors (Lipinski definition) is 3. The van der Waals surface area contributed by atoms with Gasteiger partial charge in [-0.15, -0.1) is 11.8 Å². The molecule has 126 valence electrons. The molecule has 1 amide bonds. The highest BCUT2D eigenvalue weighted by Gasteiger charge is 2.14. The number of amides is 1. The predicted molar refractivity (Wildman–Crippen MR) is 103 cm³/mol. The number of ether oxygens (including phenoxy) is 1. The maximum absolute atomic E-state index is 12.3. The Hall–Kier alpha value is -2.72. The van der Waals surface area contributed by atoms with Gasteiger partial charge in [-0.05, 0) is 55.5 Å². The van der Waals surface area contributed by atoms with E-state index in [4.69, 9.17) is 4.74 Å². The molecule has 0 aliphatic heterocycles. The fourth-order valence-electron chi connectivity index (χ4n) is 2.23. The van der Waals surface area contributed by atoms with Crippen molar-refractivity contribution >= 4 is 23.4 Å². The van der Waals surface area contributed by atoms with Gasteiger partial charge in [0.2, 0.25) is 5.91 Å². The van der Waals surface area contributed by atoms with Crippen molar-refractivity contribution in [1.82, 2.24) is 0 Å². The van der Waals surface area contributed by atoms with Crippen LogP contribution in [0.1, 0.15) is 6.92 Å². The monoisotopic (exact) mass is 349 g/mol. The molecule has 3 nitrogen and oxygen atoms in total. The van der Waals surface area contributed by atoms with Crippen molar-refractivity contribution in [2.75, 3.05) is 5.32 Å². The maximum atomic E-state index is 12.3. The van der Waals surface area contributed by atoms with E-state index in [0.29, 0.717) is 0 Å². The molecule has 1 N–H and O–H groups in total. The molecule has 0 aromatic heterocycles. The van der Waals surface area contributed by atoms with Gasteiger partial charge in [-0.25, -0.2) is 0 Å². The van der Waals surface area contributed by atoms with Crippen molar-refractivity contribution in [3.05, 3.63) is 84.9 Å². The Morgan fingerprint density at radius 1 is 0.840 bits per heavy atom. The fraction of sp³-hybridized carbons (Fsp3) is 0.0952. The number of carbonyl (C=O) groups excluding carboxylic acids is 1. The zero-order valence-electron chi connectivity index (χ0n) is 13.9. The lowest BCUT2D eigenvalue weighted by Crippen LogP contribution is -2.22. The van der Waals surface area contributed by atoms with Gasteiger partial charge >= 0.3 is 0 Å². The second-order valence-electron chi connectivity index (χ2n) is 5.50. The van der Waals surface area contributed by atoms with Crippen molar-refractivity contribution in [2.24, 2.45) is 0 Å². The topological polar surface area (TPSA) is 38.3 Å². The van der Waals surface area contributed by atoms with Crippen molar-refractivity contribution in [3.63, 3.8) is 0 Å². The van der Waals surface area contributed by atoms with Crippen LogP contribution in [0.25, 0.3) is 0 Å². The summed E-state index contributed by atoms with van der Waals surface area (Å²) < 4.78 is 5.75. The summed E-state index contributed by atoms with van der Waals surface area (Å²) in [6.07, 6.45) is 0. The molecule has 1 unspecified atom stereocenters. The molecule has 3 aromatic rings. The molecular formula is C21H19NO2S. The quantitative estimate of drug-likeness (QED) is 0.589. The highest BCUT2D eigenvalue weighted by atomic mass is 32.2. The molecule has 0 saturated carbocycles. The largest absolute Gasteiger partial charge is 0.457 e. The molecule has 0 bridgehead atoms. The van der Waals surface area contributed by atoms with Crippen molar-refractivity contribution in [2.45, 2.75) is 17.1 Å². The molecule has 3 aromatic carbocycles. The van der Waals surface area contributed by atoms with Gasteiger partial charge < -0.3 is 10.1 Å². The molecule has 0 heterocycles. The Bertz CT molecular complexity index is 804. The Labute approximate surface area is 152 Å². The summed E-state index contributed by atoms with van der Waals surface area (Å²) in [5.41, 5.74) is 0.755. The number of benzene rings is 3.